The van der Waals surface area contributed by atoms with Gasteiger partial charge in [0.2, 0.25) is 0 Å². The quantitative estimate of drug-likeness (QED) is 0.659. The third-order valence-corrected chi connectivity index (χ3v) is 3.85. The maximum absolute atomic E-state index is 6.06. The number of hydrogen-bond donors (Lipinski definition) is 1. The van der Waals surface area contributed by atoms with Gasteiger partial charge in [0, 0.05) is 19.1 Å². The van der Waals surface area contributed by atoms with E-state index in [2.05, 4.69) is 18.7 Å². The van der Waals surface area contributed by atoms with Gasteiger partial charge in [0.05, 0.1) is 0 Å². The Morgan fingerprint density at radius 3 is 2.29 bits per heavy atom. The van der Waals surface area contributed by atoms with Crippen molar-refractivity contribution in [3.63, 3.8) is 0 Å². The van der Waals surface area contributed by atoms with E-state index in [1.165, 1.54) is 64.5 Å². The van der Waals surface area contributed by atoms with Gasteiger partial charge in [-0.25, -0.2) is 0 Å². The van der Waals surface area contributed by atoms with Gasteiger partial charge in [-0.05, 0) is 25.3 Å². The highest BCUT2D eigenvalue weighted by molar-refractivity contribution is 4.78. The molecule has 1 rings (SSSR count). The highest BCUT2D eigenvalue weighted by Gasteiger charge is 2.21. The standard InChI is InChI=1S/C15H32N2/c1-3-4-5-6-7-8-9-10-17-12-14(2)11-15(16)13-17/h14-15H,3-13,16H2,1-2H3. The molecule has 0 bridgehead atoms. The van der Waals surface area contributed by atoms with Gasteiger partial charge < -0.3 is 10.6 Å². The van der Waals surface area contributed by atoms with Crippen molar-refractivity contribution in [3.05, 3.63) is 0 Å². The average molecular weight is 240 g/mol. The molecule has 0 aliphatic carbocycles. The average Bonchev–Trinajstić information content (AvgIpc) is 2.26. The van der Waals surface area contributed by atoms with Crippen molar-refractivity contribution in [2.75, 3.05) is 19.6 Å². The molecule has 1 heterocycles. The van der Waals surface area contributed by atoms with E-state index in [9.17, 15) is 0 Å². The summed E-state index contributed by atoms with van der Waals surface area (Å²) in [4.78, 5) is 2.57. The summed E-state index contributed by atoms with van der Waals surface area (Å²) >= 11 is 0. The lowest BCUT2D eigenvalue weighted by Crippen LogP contribution is -2.46. The Hall–Kier alpha value is -0.0800. The number of unbranched alkanes of at least 4 members (excludes halogenated alkanes) is 6. The number of piperidine rings is 1. The van der Waals surface area contributed by atoms with Crippen LogP contribution < -0.4 is 5.73 Å². The molecule has 0 spiro atoms. The van der Waals surface area contributed by atoms with E-state index in [-0.39, 0.29) is 0 Å². The second-order valence-electron chi connectivity index (χ2n) is 5.98. The maximum Gasteiger partial charge on any atom is 0.0170 e. The van der Waals surface area contributed by atoms with E-state index in [4.69, 9.17) is 5.73 Å². The second-order valence-corrected chi connectivity index (χ2v) is 5.98. The van der Waals surface area contributed by atoms with Gasteiger partial charge in [0.1, 0.15) is 0 Å². The van der Waals surface area contributed by atoms with Crippen LogP contribution in [0.3, 0.4) is 0 Å². The van der Waals surface area contributed by atoms with Crippen molar-refractivity contribution in [1.82, 2.24) is 4.90 Å². The van der Waals surface area contributed by atoms with Crippen LogP contribution in [0.2, 0.25) is 0 Å². The van der Waals surface area contributed by atoms with Crippen LogP contribution in [-0.4, -0.2) is 30.6 Å². The van der Waals surface area contributed by atoms with Gasteiger partial charge in [-0.15, -0.1) is 0 Å². The largest absolute Gasteiger partial charge is 0.327 e. The molecular weight excluding hydrogens is 208 g/mol. The van der Waals surface area contributed by atoms with E-state index in [0.717, 1.165) is 12.5 Å². The van der Waals surface area contributed by atoms with Gasteiger partial charge in [0.15, 0.2) is 0 Å². The summed E-state index contributed by atoms with van der Waals surface area (Å²) in [6.45, 7) is 8.27. The number of nitrogens with zero attached hydrogens (tertiary/aromatic N) is 1. The third kappa shape index (κ3) is 7.05. The molecule has 0 radical (unpaired) electrons. The molecule has 0 aromatic carbocycles. The summed E-state index contributed by atoms with van der Waals surface area (Å²) in [6.07, 6.45) is 11.0. The highest BCUT2D eigenvalue weighted by Crippen LogP contribution is 2.16. The van der Waals surface area contributed by atoms with Gasteiger partial charge in [-0.3, -0.25) is 0 Å². The molecule has 1 aliphatic rings. The van der Waals surface area contributed by atoms with Crippen LogP contribution >= 0.6 is 0 Å². The van der Waals surface area contributed by atoms with Crippen LogP contribution in [0, 0.1) is 5.92 Å². The van der Waals surface area contributed by atoms with Crippen molar-refractivity contribution in [1.29, 1.82) is 0 Å². The first-order chi connectivity index (χ1) is 8.22. The summed E-state index contributed by atoms with van der Waals surface area (Å²) in [5.74, 6) is 0.795. The molecule has 0 saturated carbocycles. The summed E-state index contributed by atoms with van der Waals surface area (Å²) in [5, 5.41) is 0. The Bertz CT molecular complexity index is 172. The summed E-state index contributed by atoms with van der Waals surface area (Å²) in [6, 6.07) is 0.420. The van der Waals surface area contributed by atoms with Crippen LogP contribution in [0.4, 0.5) is 0 Å². The van der Waals surface area contributed by atoms with Crippen LogP contribution in [0.15, 0.2) is 0 Å². The van der Waals surface area contributed by atoms with Gasteiger partial charge in [-0.1, -0.05) is 52.4 Å². The fraction of sp³-hybridized carbons (Fsp3) is 1.00. The number of hydrogen-bond acceptors (Lipinski definition) is 2. The van der Waals surface area contributed by atoms with E-state index >= 15 is 0 Å². The van der Waals surface area contributed by atoms with Gasteiger partial charge in [-0.2, -0.15) is 0 Å². The second kappa shape index (κ2) is 8.93. The third-order valence-electron chi connectivity index (χ3n) is 3.85. The molecule has 1 aliphatic heterocycles. The molecule has 17 heavy (non-hydrogen) atoms. The van der Waals surface area contributed by atoms with Crippen molar-refractivity contribution in [3.8, 4) is 0 Å². The molecule has 0 aromatic heterocycles. The minimum absolute atomic E-state index is 0.420. The first-order valence-electron chi connectivity index (χ1n) is 7.70. The predicted molar refractivity (Wildman–Crippen MR) is 76.2 cm³/mol. The zero-order valence-electron chi connectivity index (χ0n) is 12.0. The first-order valence-corrected chi connectivity index (χ1v) is 7.70. The van der Waals surface area contributed by atoms with Crippen molar-refractivity contribution >= 4 is 0 Å². The lowest BCUT2D eigenvalue weighted by molar-refractivity contribution is 0.162. The van der Waals surface area contributed by atoms with E-state index in [0.29, 0.717) is 6.04 Å². The Morgan fingerprint density at radius 1 is 1.00 bits per heavy atom. The number of likely N-dealkylation sites (tertiary alicyclic amines) is 1. The fourth-order valence-electron chi connectivity index (χ4n) is 2.99. The van der Waals surface area contributed by atoms with Crippen LogP contribution in [0.25, 0.3) is 0 Å². The molecular formula is C15H32N2. The predicted octanol–water partition coefficient (Wildman–Crippen LogP) is 3.41. The summed E-state index contributed by atoms with van der Waals surface area (Å²) < 4.78 is 0. The first kappa shape index (κ1) is 15.0. The topological polar surface area (TPSA) is 29.3 Å². The van der Waals surface area contributed by atoms with Crippen molar-refractivity contribution in [2.24, 2.45) is 11.7 Å². The Kier molecular flexibility index (Phi) is 7.87. The molecule has 2 heteroatoms. The molecule has 2 unspecified atom stereocenters. The molecule has 102 valence electrons. The molecule has 2 atom stereocenters. The Labute approximate surface area is 108 Å². The van der Waals surface area contributed by atoms with Gasteiger partial charge >= 0.3 is 0 Å². The van der Waals surface area contributed by atoms with Gasteiger partial charge in [0.25, 0.3) is 0 Å². The Morgan fingerprint density at radius 2 is 1.65 bits per heavy atom. The monoisotopic (exact) mass is 240 g/mol. The molecule has 2 nitrogen and oxygen atoms in total. The molecule has 2 N–H and O–H groups in total. The normalized spacial score (nSPS) is 26.3. The minimum Gasteiger partial charge on any atom is -0.327 e. The van der Waals surface area contributed by atoms with Crippen molar-refractivity contribution < 1.29 is 0 Å². The lowest BCUT2D eigenvalue weighted by atomic mass is 9.96. The lowest BCUT2D eigenvalue weighted by Gasteiger charge is -2.34. The van der Waals surface area contributed by atoms with E-state index in [1.807, 2.05) is 0 Å². The maximum atomic E-state index is 6.06. The smallest absolute Gasteiger partial charge is 0.0170 e. The Balaban J connectivity index is 1.95. The fourth-order valence-corrected chi connectivity index (χ4v) is 2.99. The summed E-state index contributed by atoms with van der Waals surface area (Å²) in [5.41, 5.74) is 6.06. The molecule has 1 fully saturated rings. The van der Waals surface area contributed by atoms with Crippen LogP contribution in [0.5, 0.6) is 0 Å². The summed E-state index contributed by atoms with van der Waals surface area (Å²) in [7, 11) is 0. The zero-order chi connectivity index (χ0) is 12.5. The minimum atomic E-state index is 0.420. The molecule has 0 amide bonds. The zero-order valence-corrected chi connectivity index (χ0v) is 12.0. The van der Waals surface area contributed by atoms with Crippen LogP contribution in [0.1, 0.15) is 65.2 Å². The molecule has 1 saturated heterocycles. The molecule has 0 aromatic rings. The van der Waals surface area contributed by atoms with Crippen molar-refractivity contribution in [2.45, 2.75) is 71.3 Å². The van der Waals surface area contributed by atoms with Crippen LogP contribution in [-0.2, 0) is 0 Å². The van der Waals surface area contributed by atoms with E-state index < -0.39 is 0 Å². The number of nitrogens with two attached hydrogens (primary N) is 1. The van der Waals surface area contributed by atoms with E-state index in [1.54, 1.807) is 0 Å². The SMILES string of the molecule is CCCCCCCCCN1CC(C)CC(N)C1. The highest BCUT2D eigenvalue weighted by atomic mass is 15.1. The number of rotatable bonds is 8.